The van der Waals surface area contributed by atoms with E-state index >= 15 is 0 Å². The lowest BCUT2D eigenvalue weighted by Crippen LogP contribution is -2.38. The summed E-state index contributed by atoms with van der Waals surface area (Å²) in [4.78, 5) is 2.23. The average molecular weight is 236 g/mol. The van der Waals surface area contributed by atoms with Crippen molar-refractivity contribution in [1.29, 1.82) is 0 Å². The maximum absolute atomic E-state index is 5.92. The predicted octanol–water partition coefficient (Wildman–Crippen LogP) is 1.65. The van der Waals surface area contributed by atoms with Gasteiger partial charge >= 0.3 is 0 Å². The van der Waals surface area contributed by atoms with E-state index in [1.54, 1.807) is 7.11 Å². The maximum Gasteiger partial charge on any atom is 0.0626 e. The van der Waals surface area contributed by atoms with Crippen molar-refractivity contribution in [2.45, 2.75) is 25.9 Å². The minimum atomic E-state index is 0.0833. The number of methoxy groups -OCH3 is 1. The lowest BCUT2D eigenvalue weighted by molar-refractivity contribution is 0.160. The van der Waals surface area contributed by atoms with Gasteiger partial charge in [-0.3, -0.25) is 0 Å². The van der Waals surface area contributed by atoms with Crippen molar-refractivity contribution >= 4 is 0 Å². The van der Waals surface area contributed by atoms with Gasteiger partial charge in [-0.2, -0.15) is 0 Å². The molecule has 3 nitrogen and oxygen atoms in total. The smallest absolute Gasteiger partial charge is 0.0626 e. The van der Waals surface area contributed by atoms with Gasteiger partial charge in [0.05, 0.1) is 6.61 Å². The zero-order valence-electron chi connectivity index (χ0n) is 11.1. The molecule has 1 rings (SSSR count). The topological polar surface area (TPSA) is 38.5 Å². The molecule has 1 unspecified atom stereocenters. The predicted molar refractivity (Wildman–Crippen MR) is 72.0 cm³/mol. The van der Waals surface area contributed by atoms with Crippen molar-refractivity contribution in [2.75, 3.05) is 27.3 Å². The van der Waals surface area contributed by atoms with E-state index < -0.39 is 0 Å². The Bertz CT molecular complexity index is 311. The number of likely N-dealkylation sites (N-methyl/N-ethyl adjacent to an activating group) is 1. The molecule has 0 aliphatic rings. The number of nitrogens with two attached hydrogens (primary N) is 1. The normalized spacial score (nSPS) is 13.0. The lowest BCUT2D eigenvalue weighted by Gasteiger charge is -2.20. The van der Waals surface area contributed by atoms with Crippen LogP contribution in [0.25, 0.3) is 0 Å². The molecule has 0 aliphatic carbocycles. The fraction of sp³-hybridized carbons (Fsp3) is 0.571. The van der Waals surface area contributed by atoms with Crippen LogP contribution in [0.5, 0.6) is 0 Å². The highest BCUT2D eigenvalue weighted by Gasteiger charge is 2.06. The molecule has 0 spiro atoms. The van der Waals surface area contributed by atoms with E-state index in [9.17, 15) is 0 Å². The molecule has 0 fully saturated rings. The summed E-state index contributed by atoms with van der Waals surface area (Å²) in [7, 11) is 3.77. The summed E-state index contributed by atoms with van der Waals surface area (Å²) in [5.41, 5.74) is 8.63. The van der Waals surface area contributed by atoms with E-state index in [0.29, 0.717) is 6.61 Å². The minimum Gasteiger partial charge on any atom is -0.383 e. The van der Waals surface area contributed by atoms with Gasteiger partial charge < -0.3 is 15.4 Å². The Hall–Kier alpha value is -0.900. The van der Waals surface area contributed by atoms with Crippen molar-refractivity contribution in [3.8, 4) is 0 Å². The molecule has 1 aromatic carbocycles. The first-order valence-electron chi connectivity index (χ1n) is 6.16. The van der Waals surface area contributed by atoms with Gasteiger partial charge in [0.15, 0.2) is 0 Å². The van der Waals surface area contributed by atoms with Gasteiger partial charge in [-0.05, 0) is 24.6 Å². The van der Waals surface area contributed by atoms with E-state index in [2.05, 4.69) is 43.1 Å². The molecule has 0 aliphatic heterocycles. The third-order valence-electron chi connectivity index (χ3n) is 2.81. The van der Waals surface area contributed by atoms with Crippen LogP contribution < -0.4 is 5.73 Å². The Morgan fingerprint density at radius 3 is 2.35 bits per heavy atom. The van der Waals surface area contributed by atoms with Crippen molar-refractivity contribution in [1.82, 2.24) is 4.90 Å². The van der Waals surface area contributed by atoms with Crippen molar-refractivity contribution < 1.29 is 4.74 Å². The molecule has 1 atom stereocenters. The quantitative estimate of drug-likeness (QED) is 0.782. The van der Waals surface area contributed by atoms with Gasteiger partial charge in [-0.15, -0.1) is 0 Å². The van der Waals surface area contributed by atoms with Crippen molar-refractivity contribution in [3.63, 3.8) is 0 Å². The molecule has 0 saturated carbocycles. The number of aryl methyl sites for hydroxylation is 1. The molecule has 17 heavy (non-hydrogen) atoms. The van der Waals surface area contributed by atoms with Crippen molar-refractivity contribution in [2.24, 2.45) is 5.73 Å². The summed E-state index contributed by atoms with van der Waals surface area (Å²) >= 11 is 0. The summed E-state index contributed by atoms with van der Waals surface area (Å²) in [6, 6.07) is 8.85. The van der Waals surface area contributed by atoms with Crippen LogP contribution in [-0.2, 0) is 17.7 Å². The van der Waals surface area contributed by atoms with Crippen LogP contribution in [0.4, 0.5) is 0 Å². The summed E-state index contributed by atoms with van der Waals surface area (Å²) < 4.78 is 5.03. The Morgan fingerprint density at radius 2 is 1.82 bits per heavy atom. The summed E-state index contributed by atoms with van der Waals surface area (Å²) in [6.07, 6.45) is 1.09. The van der Waals surface area contributed by atoms with E-state index in [1.165, 1.54) is 11.1 Å². The highest BCUT2D eigenvalue weighted by molar-refractivity contribution is 5.22. The molecule has 2 N–H and O–H groups in total. The van der Waals surface area contributed by atoms with Gasteiger partial charge in [0.1, 0.15) is 0 Å². The molecule has 0 radical (unpaired) electrons. The first-order chi connectivity index (χ1) is 8.15. The summed E-state index contributed by atoms with van der Waals surface area (Å²) in [5.74, 6) is 0. The maximum atomic E-state index is 5.92. The van der Waals surface area contributed by atoms with Crippen molar-refractivity contribution in [3.05, 3.63) is 35.4 Å². The van der Waals surface area contributed by atoms with Crippen LogP contribution in [0, 0.1) is 0 Å². The number of nitrogens with zero attached hydrogens (tertiary/aromatic N) is 1. The van der Waals surface area contributed by atoms with E-state index in [1.807, 2.05) is 0 Å². The van der Waals surface area contributed by atoms with Gasteiger partial charge in [0.2, 0.25) is 0 Å². The van der Waals surface area contributed by atoms with Gasteiger partial charge in [-0.25, -0.2) is 0 Å². The van der Waals surface area contributed by atoms with E-state index in [-0.39, 0.29) is 6.04 Å². The molecule has 96 valence electrons. The number of benzene rings is 1. The standard InChI is InChI=1S/C14H24N2O/c1-4-12-5-7-13(8-6-12)9-16(2)10-14(15)11-17-3/h5-8,14H,4,9-11,15H2,1-3H3. The highest BCUT2D eigenvalue weighted by atomic mass is 16.5. The van der Waals surface area contributed by atoms with E-state index in [4.69, 9.17) is 10.5 Å². The van der Waals surface area contributed by atoms with Gasteiger partial charge in [0, 0.05) is 26.2 Å². The van der Waals surface area contributed by atoms with Crippen LogP contribution in [0.1, 0.15) is 18.1 Å². The minimum absolute atomic E-state index is 0.0833. The number of ether oxygens (including phenoxy) is 1. The van der Waals surface area contributed by atoms with Crippen LogP contribution in [0.3, 0.4) is 0 Å². The van der Waals surface area contributed by atoms with Crippen LogP contribution >= 0.6 is 0 Å². The van der Waals surface area contributed by atoms with Crippen LogP contribution in [-0.4, -0.2) is 38.3 Å². The fourth-order valence-electron chi connectivity index (χ4n) is 1.92. The molecule has 0 amide bonds. The Kier molecular flexibility index (Phi) is 6.19. The third-order valence-corrected chi connectivity index (χ3v) is 2.81. The van der Waals surface area contributed by atoms with Gasteiger partial charge in [-0.1, -0.05) is 31.2 Å². The fourth-order valence-corrected chi connectivity index (χ4v) is 1.92. The number of hydrogen-bond donors (Lipinski definition) is 1. The van der Waals surface area contributed by atoms with Gasteiger partial charge in [0.25, 0.3) is 0 Å². The second kappa shape index (κ2) is 7.43. The summed E-state index contributed by atoms with van der Waals surface area (Å²) in [6.45, 7) is 4.56. The van der Waals surface area contributed by atoms with Crippen LogP contribution in [0.2, 0.25) is 0 Å². The van der Waals surface area contributed by atoms with Crippen LogP contribution in [0.15, 0.2) is 24.3 Å². The lowest BCUT2D eigenvalue weighted by atomic mass is 10.1. The molecule has 0 saturated heterocycles. The zero-order valence-corrected chi connectivity index (χ0v) is 11.1. The molecule has 1 aromatic rings. The zero-order chi connectivity index (χ0) is 12.7. The molecular formula is C14H24N2O. The second-order valence-corrected chi connectivity index (χ2v) is 4.58. The third kappa shape index (κ3) is 5.31. The average Bonchev–Trinajstić information content (AvgIpc) is 2.30. The monoisotopic (exact) mass is 236 g/mol. The first-order valence-corrected chi connectivity index (χ1v) is 6.16. The Labute approximate surface area is 105 Å². The molecule has 0 aromatic heterocycles. The SMILES string of the molecule is CCc1ccc(CN(C)CC(N)COC)cc1. The Morgan fingerprint density at radius 1 is 1.24 bits per heavy atom. The second-order valence-electron chi connectivity index (χ2n) is 4.58. The number of hydrogen-bond acceptors (Lipinski definition) is 3. The molecule has 3 heteroatoms. The molecular weight excluding hydrogens is 212 g/mol. The largest absolute Gasteiger partial charge is 0.383 e. The highest BCUT2D eigenvalue weighted by Crippen LogP contribution is 2.07. The Balaban J connectivity index is 2.41. The molecule has 0 heterocycles. The molecule has 0 bridgehead atoms. The summed E-state index contributed by atoms with van der Waals surface area (Å²) in [5, 5.41) is 0. The first kappa shape index (κ1) is 14.2. The number of rotatable bonds is 7. The van der Waals surface area contributed by atoms with E-state index in [0.717, 1.165) is 19.5 Å².